The Balaban J connectivity index is 2.27. The number of carbonyl (C=O) groups excluding carboxylic acids is 1. The van der Waals surface area contributed by atoms with Crippen LogP contribution in [0.5, 0.6) is 0 Å². The minimum atomic E-state index is 0.118. The van der Waals surface area contributed by atoms with Gasteiger partial charge in [-0.1, -0.05) is 0 Å². The lowest BCUT2D eigenvalue weighted by Gasteiger charge is -2.27. The van der Waals surface area contributed by atoms with E-state index in [2.05, 4.69) is 4.98 Å². The van der Waals surface area contributed by atoms with Crippen LogP contribution in [0.1, 0.15) is 18.1 Å². The van der Waals surface area contributed by atoms with Crippen LogP contribution in [-0.4, -0.2) is 22.3 Å². The van der Waals surface area contributed by atoms with E-state index in [1.807, 2.05) is 11.0 Å². The number of nitrogen functional groups attached to an aromatic ring is 1. The highest BCUT2D eigenvalue weighted by molar-refractivity contribution is 5.73. The zero-order chi connectivity index (χ0) is 10.1. The maximum Gasteiger partial charge on any atom is 0.219 e. The third-order valence-electron chi connectivity index (χ3n) is 2.56. The lowest BCUT2D eigenvalue weighted by Crippen LogP contribution is -2.34. The fourth-order valence-electron chi connectivity index (χ4n) is 1.73. The van der Waals surface area contributed by atoms with Gasteiger partial charge in [-0.25, -0.2) is 4.98 Å². The van der Waals surface area contributed by atoms with Crippen LogP contribution in [0.4, 0.5) is 5.82 Å². The normalized spacial score (nSPS) is 15.1. The van der Waals surface area contributed by atoms with Crippen LogP contribution in [0.3, 0.4) is 0 Å². The molecule has 0 bridgehead atoms. The Morgan fingerprint density at radius 2 is 2.36 bits per heavy atom. The average molecular weight is 191 g/mol. The maximum absolute atomic E-state index is 11.2. The zero-order valence-electron chi connectivity index (χ0n) is 8.16. The maximum atomic E-state index is 11.2. The van der Waals surface area contributed by atoms with Crippen LogP contribution in [0, 0.1) is 0 Å². The van der Waals surface area contributed by atoms with Gasteiger partial charge >= 0.3 is 0 Å². The smallest absolute Gasteiger partial charge is 0.219 e. The number of hydrogen-bond donors (Lipinski definition) is 1. The molecule has 0 aliphatic carbocycles. The Hall–Kier alpha value is -1.58. The first-order valence-electron chi connectivity index (χ1n) is 4.65. The van der Waals surface area contributed by atoms with E-state index in [1.54, 1.807) is 13.1 Å². The van der Waals surface area contributed by atoms with Crippen molar-refractivity contribution in [1.29, 1.82) is 0 Å². The second-order valence-electron chi connectivity index (χ2n) is 3.57. The summed E-state index contributed by atoms with van der Waals surface area (Å²) in [7, 11) is 0. The van der Waals surface area contributed by atoms with E-state index in [-0.39, 0.29) is 5.91 Å². The Morgan fingerprint density at radius 1 is 1.57 bits per heavy atom. The van der Waals surface area contributed by atoms with E-state index >= 15 is 0 Å². The summed E-state index contributed by atoms with van der Waals surface area (Å²) in [5.74, 6) is 0.674. The van der Waals surface area contributed by atoms with Gasteiger partial charge in [0, 0.05) is 26.2 Å². The third kappa shape index (κ3) is 1.55. The first kappa shape index (κ1) is 8.99. The zero-order valence-corrected chi connectivity index (χ0v) is 8.16. The molecule has 0 aromatic carbocycles. The minimum absolute atomic E-state index is 0.118. The summed E-state index contributed by atoms with van der Waals surface area (Å²) in [6.45, 7) is 3.04. The van der Waals surface area contributed by atoms with Crippen molar-refractivity contribution in [3.63, 3.8) is 0 Å². The lowest BCUT2D eigenvalue weighted by molar-refractivity contribution is -0.129. The molecule has 0 atom stereocenters. The Labute approximate surface area is 82.7 Å². The van der Waals surface area contributed by atoms with Crippen molar-refractivity contribution in [3.8, 4) is 0 Å². The van der Waals surface area contributed by atoms with E-state index in [0.717, 1.165) is 18.5 Å². The predicted molar refractivity (Wildman–Crippen MR) is 53.4 cm³/mol. The minimum Gasteiger partial charge on any atom is -0.384 e. The summed E-state index contributed by atoms with van der Waals surface area (Å²) in [6, 6.07) is 1.90. The molecule has 14 heavy (non-hydrogen) atoms. The number of nitrogens with two attached hydrogens (primary N) is 1. The number of hydrogen-bond acceptors (Lipinski definition) is 3. The highest BCUT2D eigenvalue weighted by atomic mass is 16.2. The van der Waals surface area contributed by atoms with Crippen LogP contribution in [-0.2, 0) is 17.8 Å². The number of carbonyl (C=O) groups is 1. The number of rotatable bonds is 0. The number of nitrogens with zero attached hydrogens (tertiary/aromatic N) is 2. The molecule has 2 rings (SSSR count). The molecule has 1 aliphatic rings. The number of aromatic nitrogens is 1. The van der Waals surface area contributed by atoms with Crippen molar-refractivity contribution < 1.29 is 4.79 Å². The number of fused-ring (bicyclic) bond motifs is 1. The molecule has 0 saturated carbocycles. The van der Waals surface area contributed by atoms with Gasteiger partial charge < -0.3 is 10.6 Å². The van der Waals surface area contributed by atoms with Crippen molar-refractivity contribution in [2.24, 2.45) is 0 Å². The molecular formula is C10H13N3O. The fraction of sp³-hybridized carbons (Fsp3) is 0.400. The molecule has 1 aromatic rings. The van der Waals surface area contributed by atoms with E-state index in [0.29, 0.717) is 12.4 Å². The molecule has 1 aromatic heterocycles. The Kier molecular flexibility index (Phi) is 2.11. The van der Waals surface area contributed by atoms with Crippen molar-refractivity contribution in [1.82, 2.24) is 9.88 Å². The van der Waals surface area contributed by atoms with Crippen LogP contribution in [0.2, 0.25) is 0 Å². The largest absolute Gasteiger partial charge is 0.384 e. The molecule has 74 valence electrons. The molecule has 0 fully saturated rings. The van der Waals surface area contributed by atoms with Crippen LogP contribution >= 0.6 is 0 Å². The number of pyridine rings is 1. The van der Waals surface area contributed by atoms with Crippen LogP contribution in [0.15, 0.2) is 12.3 Å². The molecule has 2 N–H and O–H groups in total. The second kappa shape index (κ2) is 3.29. The fourth-order valence-corrected chi connectivity index (χ4v) is 1.73. The second-order valence-corrected chi connectivity index (χ2v) is 3.57. The quantitative estimate of drug-likeness (QED) is 0.652. The van der Waals surface area contributed by atoms with E-state index in [9.17, 15) is 4.79 Å². The molecule has 1 aliphatic heterocycles. The van der Waals surface area contributed by atoms with Crippen molar-refractivity contribution in [3.05, 3.63) is 23.4 Å². The van der Waals surface area contributed by atoms with Gasteiger partial charge in [-0.2, -0.15) is 0 Å². The standard InChI is InChI=1S/C10H13N3O/c1-7(14)13-3-2-8-4-10(11)12-5-9(8)6-13/h4-5H,2-3,6H2,1H3,(H2,11,12). The van der Waals surface area contributed by atoms with Gasteiger partial charge in [-0.3, -0.25) is 4.79 Å². The van der Waals surface area contributed by atoms with Gasteiger partial charge in [0.05, 0.1) is 0 Å². The molecule has 0 spiro atoms. The molecule has 0 radical (unpaired) electrons. The van der Waals surface area contributed by atoms with Gasteiger partial charge in [0.15, 0.2) is 0 Å². The molecule has 4 heteroatoms. The van der Waals surface area contributed by atoms with E-state index < -0.39 is 0 Å². The summed E-state index contributed by atoms with van der Waals surface area (Å²) in [5.41, 5.74) is 7.91. The summed E-state index contributed by atoms with van der Waals surface area (Å²) in [5, 5.41) is 0. The number of anilines is 1. The highest BCUT2D eigenvalue weighted by Gasteiger charge is 2.18. The first-order chi connectivity index (χ1) is 6.66. The topological polar surface area (TPSA) is 59.2 Å². The molecule has 0 unspecified atom stereocenters. The van der Waals surface area contributed by atoms with Crippen LogP contribution < -0.4 is 5.73 Å². The summed E-state index contributed by atoms with van der Waals surface area (Å²) < 4.78 is 0. The van der Waals surface area contributed by atoms with Crippen LogP contribution in [0.25, 0.3) is 0 Å². The SMILES string of the molecule is CC(=O)N1CCc2cc(N)ncc2C1. The third-order valence-corrected chi connectivity index (χ3v) is 2.56. The highest BCUT2D eigenvalue weighted by Crippen LogP contribution is 2.19. The molecule has 1 amide bonds. The van der Waals surface area contributed by atoms with Gasteiger partial charge in [-0.05, 0) is 23.6 Å². The van der Waals surface area contributed by atoms with Crippen molar-refractivity contribution in [2.75, 3.05) is 12.3 Å². The van der Waals surface area contributed by atoms with Crippen molar-refractivity contribution in [2.45, 2.75) is 19.9 Å². The van der Waals surface area contributed by atoms with E-state index in [1.165, 1.54) is 5.56 Å². The summed E-state index contributed by atoms with van der Waals surface area (Å²) >= 11 is 0. The summed E-state index contributed by atoms with van der Waals surface area (Å²) in [6.07, 6.45) is 2.64. The van der Waals surface area contributed by atoms with Gasteiger partial charge in [0.2, 0.25) is 5.91 Å². The van der Waals surface area contributed by atoms with Crippen molar-refractivity contribution >= 4 is 11.7 Å². The van der Waals surface area contributed by atoms with Gasteiger partial charge in [0.25, 0.3) is 0 Å². The molecule has 4 nitrogen and oxygen atoms in total. The first-order valence-corrected chi connectivity index (χ1v) is 4.65. The van der Waals surface area contributed by atoms with Gasteiger partial charge in [0.1, 0.15) is 5.82 Å². The molecular weight excluding hydrogens is 178 g/mol. The van der Waals surface area contributed by atoms with E-state index in [4.69, 9.17) is 5.73 Å². The summed E-state index contributed by atoms with van der Waals surface area (Å²) in [4.78, 5) is 17.0. The predicted octanol–water partition coefficient (Wildman–Crippen LogP) is 0.568. The monoisotopic (exact) mass is 191 g/mol. The molecule has 2 heterocycles. The molecule has 0 saturated heterocycles. The van der Waals surface area contributed by atoms with Gasteiger partial charge in [-0.15, -0.1) is 0 Å². The lowest BCUT2D eigenvalue weighted by atomic mass is 10.0. The average Bonchev–Trinajstić information content (AvgIpc) is 2.16. The number of amides is 1. The Morgan fingerprint density at radius 3 is 3.07 bits per heavy atom. The Bertz CT molecular complexity index is 376.